The molecule has 0 atom stereocenters. The van der Waals surface area contributed by atoms with Gasteiger partial charge in [-0.1, -0.05) is 43.2 Å². The van der Waals surface area contributed by atoms with E-state index in [1.165, 1.54) is 0 Å². The maximum absolute atomic E-state index is 12.3. The van der Waals surface area contributed by atoms with Crippen molar-refractivity contribution in [3.63, 3.8) is 0 Å². The molecule has 2 aromatic rings. The molecule has 0 unspecified atom stereocenters. The zero-order chi connectivity index (χ0) is 15.4. The Morgan fingerprint density at radius 3 is 2.45 bits per heavy atom. The number of methoxy groups -OCH3 is 1. The lowest BCUT2D eigenvalue weighted by atomic mass is 10.0. The highest BCUT2D eigenvalue weighted by Crippen LogP contribution is 2.35. The van der Waals surface area contributed by atoms with Crippen molar-refractivity contribution in [1.82, 2.24) is 0 Å². The molecule has 114 valence electrons. The van der Waals surface area contributed by atoms with Gasteiger partial charge in [-0.15, -0.1) is 0 Å². The molecule has 0 saturated heterocycles. The number of carbonyl (C=O) groups excluding carboxylic acids is 1. The third kappa shape index (κ3) is 3.14. The molecule has 1 fully saturated rings. The molecule has 0 aromatic heterocycles. The van der Waals surface area contributed by atoms with Crippen molar-refractivity contribution in [1.29, 1.82) is 0 Å². The second kappa shape index (κ2) is 6.65. The van der Waals surface area contributed by atoms with Crippen molar-refractivity contribution in [2.24, 2.45) is 5.92 Å². The number of hydrogen-bond acceptors (Lipinski definition) is 3. The predicted molar refractivity (Wildman–Crippen MR) is 86.0 cm³/mol. The maximum atomic E-state index is 12.3. The van der Waals surface area contributed by atoms with E-state index in [9.17, 15) is 4.79 Å². The van der Waals surface area contributed by atoms with Crippen LogP contribution < -0.4 is 9.47 Å². The van der Waals surface area contributed by atoms with Crippen LogP contribution in [0.25, 0.3) is 11.1 Å². The van der Waals surface area contributed by atoms with E-state index in [0.717, 1.165) is 36.8 Å². The molecule has 1 aliphatic rings. The van der Waals surface area contributed by atoms with Gasteiger partial charge in [0.1, 0.15) is 11.5 Å². The van der Waals surface area contributed by atoms with Gasteiger partial charge >= 0.3 is 5.97 Å². The molecule has 0 bridgehead atoms. The summed E-state index contributed by atoms with van der Waals surface area (Å²) in [5.74, 6) is 1.18. The Balaban J connectivity index is 1.91. The highest BCUT2D eigenvalue weighted by Gasteiger charge is 2.25. The quantitative estimate of drug-likeness (QED) is 0.617. The van der Waals surface area contributed by atoms with Crippen LogP contribution >= 0.6 is 0 Å². The van der Waals surface area contributed by atoms with Gasteiger partial charge in [-0.05, 0) is 30.5 Å². The van der Waals surface area contributed by atoms with E-state index in [-0.39, 0.29) is 11.9 Å². The number of benzene rings is 2. The molecule has 1 saturated carbocycles. The van der Waals surface area contributed by atoms with Crippen molar-refractivity contribution < 1.29 is 14.3 Å². The van der Waals surface area contributed by atoms with Gasteiger partial charge in [0, 0.05) is 11.6 Å². The van der Waals surface area contributed by atoms with Crippen molar-refractivity contribution in [3.05, 3.63) is 48.5 Å². The average molecular weight is 296 g/mol. The van der Waals surface area contributed by atoms with Gasteiger partial charge in [-0.2, -0.15) is 0 Å². The molecule has 1 aliphatic carbocycles. The van der Waals surface area contributed by atoms with Crippen molar-refractivity contribution in [3.8, 4) is 22.6 Å². The van der Waals surface area contributed by atoms with E-state index in [4.69, 9.17) is 9.47 Å². The lowest BCUT2D eigenvalue weighted by Crippen LogP contribution is -2.18. The Morgan fingerprint density at radius 1 is 1.05 bits per heavy atom. The molecular formula is C19H20O3. The van der Waals surface area contributed by atoms with Crippen LogP contribution in [0.1, 0.15) is 25.7 Å². The third-order valence-corrected chi connectivity index (χ3v) is 4.17. The summed E-state index contributed by atoms with van der Waals surface area (Å²) in [6.45, 7) is 0. The first-order valence-corrected chi connectivity index (χ1v) is 7.73. The minimum atomic E-state index is -0.122. The van der Waals surface area contributed by atoms with E-state index in [2.05, 4.69) is 0 Å². The van der Waals surface area contributed by atoms with E-state index >= 15 is 0 Å². The van der Waals surface area contributed by atoms with Crippen LogP contribution in [-0.4, -0.2) is 13.1 Å². The van der Waals surface area contributed by atoms with Crippen LogP contribution in [0.4, 0.5) is 0 Å². The van der Waals surface area contributed by atoms with Crippen LogP contribution in [0.2, 0.25) is 0 Å². The van der Waals surface area contributed by atoms with E-state index < -0.39 is 0 Å². The summed E-state index contributed by atoms with van der Waals surface area (Å²) in [5, 5.41) is 0. The molecule has 22 heavy (non-hydrogen) atoms. The van der Waals surface area contributed by atoms with Crippen LogP contribution in [0.15, 0.2) is 48.5 Å². The second-order valence-corrected chi connectivity index (χ2v) is 5.63. The first-order chi connectivity index (χ1) is 10.8. The van der Waals surface area contributed by atoms with Crippen LogP contribution in [0.5, 0.6) is 11.5 Å². The monoisotopic (exact) mass is 296 g/mol. The molecule has 3 rings (SSSR count). The summed E-state index contributed by atoms with van der Waals surface area (Å²) >= 11 is 0. The minimum absolute atomic E-state index is 0.0369. The van der Waals surface area contributed by atoms with E-state index in [1.807, 2.05) is 42.5 Å². The molecule has 0 N–H and O–H groups in total. The molecule has 0 aliphatic heterocycles. The van der Waals surface area contributed by atoms with E-state index in [0.29, 0.717) is 11.5 Å². The average Bonchev–Trinajstić information content (AvgIpc) is 3.10. The Labute approximate surface area is 130 Å². The summed E-state index contributed by atoms with van der Waals surface area (Å²) < 4.78 is 11.0. The fraction of sp³-hybridized carbons (Fsp3) is 0.316. The lowest BCUT2D eigenvalue weighted by Gasteiger charge is -2.14. The number of hydrogen-bond donors (Lipinski definition) is 0. The Bertz CT molecular complexity index is 643. The molecule has 0 spiro atoms. The van der Waals surface area contributed by atoms with Crippen LogP contribution in [-0.2, 0) is 4.79 Å². The summed E-state index contributed by atoms with van der Waals surface area (Å²) in [6.07, 6.45) is 4.10. The second-order valence-electron chi connectivity index (χ2n) is 5.63. The summed E-state index contributed by atoms with van der Waals surface area (Å²) in [7, 11) is 1.61. The van der Waals surface area contributed by atoms with Crippen molar-refractivity contribution in [2.45, 2.75) is 25.7 Å². The highest BCUT2D eigenvalue weighted by atomic mass is 16.5. The number of ether oxygens (including phenoxy) is 2. The standard InChI is InChI=1S/C19H20O3/c1-21-16-11-12-17(14-7-3-2-4-8-14)18(13-16)22-19(20)15-9-5-6-10-15/h2-4,7-8,11-13,15H,5-6,9-10H2,1H3. The lowest BCUT2D eigenvalue weighted by molar-refractivity contribution is -0.138. The Morgan fingerprint density at radius 2 is 1.77 bits per heavy atom. The SMILES string of the molecule is COc1ccc(-c2ccccc2)c(OC(=O)C2CCCC2)c1. The molecule has 3 nitrogen and oxygen atoms in total. The maximum Gasteiger partial charge on any atom is 0.314 e. The Hall–Kier alpha value is -2.29. The van der Waals surface area contributed by atoms with E-state index in [1.54, 1.807) is 13.2 Å². The zero-order valence-electron chi connectivity index (χ0n) is 12.7. The first kappa shape index (κ1) is 14.6. The zero-order valence-corrected chi connectivity index (χ0v) is 12.7. The Kier molecular flexibility index (Phi) is 4.42. The number of rotatable bonds is 4. The fourth-order valence-corrected chi connectivity index (χ4v) is 2.92. The van der Waals surface area contributed by atoms with Crippen LogP contribution in [0.3, 0.4) is 0 Å². The third-order valence-electron chi connectivity index (χ3n) is 4.17. The normalized spacial score (nSPS) is 14.8. The summed E-state index contributed by atoms with van der Waals surface area (Å²) in [4.78, 5) is 12.3. The molecule has 0 amide bonds. The van der Waals surface area contributed by atoms with Gasteiger partial charge in [0.05, 0.1) is 13.0 Å². The topological polar surface area (TPSA) is 35.5 Å². The largest absolute Gasteiger partial charge is 0.497 e. The fourth-order valence-electron chi connectivity index (χ4n) is 2.92. The van der Waals surface area contributed by atoms with Gasteiger partial charge < -0.3 is 9.47 Å². The minimum Gasteiger partial charge on any atom is -0.497 e. The van der Waals surface area contributed by atoms with Crippen LogP contribution in [0, 0.1) is 5.92 Å². The molecule has 2 aromatic carbocycles. The van der Waals surface area contributed by atoms with Gasteiger partial charge in [0.15, 0.2) is 0 Å². The molecule has 0 heterocycles. The molecule has 3 heteroatoms. The summed E-state index contributed by atoms with van der Waals surface area (Å²) in [6, 6.07) is 15.5. The van der Waals surface area contributed by atoms with Gasteiger partial charge in [-0.3, -0.25) is 4.79 Å². The first-order valence-electron chi connectivity index (χ1n) is 7.73. The van der Waals surface area contributed by atoms with Gasteiger partial charge in [0.2, 0.25) is 0 Å². The molecule has 0 radical (unpaired) electrons. The number of carbonyl (C=O) groups is 1. The number of esters is 1. The van der Waals surface area contributed by atoms with Gasteiger partial charge in [0.25, 0.3) is 0 Å². The van der Waals surface area contributed by atoms with Gasteiger partial charge in [-0.25, -0.2) is 0 Å². The molecular weight excluding hydrogens is 276 g/mol. The highest BCUT2D eigenvalue weighted by molar-refractivity contribution is 5.80. The van der Waals surface area contributed by atoms with Crippen molar-refractivity contribution in [2.75, 3.05) is 7.11 Å². The predicted octanol–water partition coefficient (Wildman–Crippen LogP) is 4.46. The summed E-state index contributed by atoms with van der Waals surface area (Å²) in [5.41, 5.74) is 1.94. The van der Waals surface area contributed by atoms with Crippen molar-refractivity contribution >= 4 is 5.97 Å². The smallest absolute Gasteiger partial charge is 0.314 e.